The smallest absolute Gasteiger partial charge is 0.261 e. The molecule has 0 bridgehead atoms. The average Bonchev–Trinajstić information content (AvgIpc) is 3.39. The lowest BCUT2D eigenvalue weighted by Crippen LogP contribution is -2.25. The van der Waals surface area contributed by atoms with E-state index in [9.17, 15) is 13.2 Å². The molecule has 132 valence electrons. The third-order valence-electron chi connectivity index (χ3n) is 3.62. The Labute approximate surface area is 146 Å². The molecule has 2 aromatic rings. The summed E-state index contributed by atoms with van der Waals surface area (Å²) < 4.78 is 32.2. The van der Waals surface area contributed by atoms with Gasteiger partial charge in [-0.3, -0.25) is 4.79 Å². The van der Waals surface area contributed by atoms with Gasteiger partial charge in [-0.1, -0.05) is 0 Å². The molecular formula is C17H19N3O4S. The average molecular weight is 361 g/mol. The number of pyridine rings is 1. The molecule has 1 saturated carbocycles. The number of anilines is 1. The van der Waals surface area contributed by atoms with Crippen molar-refractivity contribution in [3.63, 3.8) is 0 Å². The van der Waals surface area contributed by atoms with E-state index >= 15 is 0 Å². The Morgan fingerprint density at radius 2 is 1.96 bits per heavy atom. The molecular weight excluding hydrogens is 342 g/mol. The molecule has 3 rings (SSSR count). The summed E-state index contributed by atoms with van der Waals surface area (Å²) >= 11 is 0. The van der Waals surface area contributed by atoms with Crippen LogP contribution in [-0.4, -0.2) is 32.0 Å². The fourth-order valence-corrected chi connectivity index (χ4v) is 3.52. The number of rotatable bonds is 7. The lowest BCUT2D eigenvalue weighted by atomic mass is 10.2. The molecule has 7 nitrogen and oxygen atoms in total. The molecule has 1 heterocycles. The van der Waals surface area contributed by atoms with Gasteiger partial charge >= 0.3 is 0 Å². The van der Waals surface area contributed by atoms with Gasteiger partial charge in [-0.25, -0.2) is 18.1 Å². The van der Waals surface area contributed by atoms with Gasteiger partial charge in [0, 0.05) is 17.9 Å². The predicted molar refractivity (Wildman–Crippen MR) is 93.1 cm³/mol. The fourth-order valence-electron chi connectivity index (χ4n) is 2.22. The zero-order valence-electron chi connectivity index (χ0n) is 13.7. The topological polar surface area (TPSA) is 97.4 Å². The number of hydrogen-bond acceptors (Lipinski definition) is 5. The zero-order chi connectivity index (χ0) is 17.9. The number of hydrogen-bond donors (Lipinski definition) is 2. The van der Waals surface area contributed by atoms with Gasteiger partial charge in [0.15, 0.2) is 0 Å². The Hall–Kier alpha value is -2.45. The number of carbonyl (C=O) groups excluding carboxylic acids is 1. The van der Waals surface area contributed by atoms with Gasteiger partial charge in [0.2, 0.25) is 15.9 Å². The van der Waals surface area contributed by atoms with Crippen molar-refractivity contribution in [2.45, 2.75) is 30.7 Å². The quantitative estimate of drug-likeness (QED) is 0.788. The Morgan fingerprint density at radius 3 is 2.60 bits per heavy atom. The minimum Gasteiger partial charge on any atom is -0.477 e. The first-order valence-corrected chi connectivity index (χ1v) is 9.49. The SMILES string of the molecule is CCOc1ncccc1C(=O)Nc1ccc(S(=O)(=O)NC2CC2)cc1. The monoisotopic (exact) mass is 361 g/mol. The molecule has 2 N–H and O–H groups in total. The molecule has 1 aromatic carbocycles. The van der Waals surface area contributed by atoms with Crippen LogP contribution in [0.1, 0.15) is 30.1 Å². The van der Waals surface area contributed by atoms with E-state index < -0.39 is 10.0 Å². The van der Waals surface area contributed by atoms with Crippen molar-refractivity contribution in [1.82, 2.24) is 9.71 Å². The maximum absolute atomic E-state index is 12.4. The molecule has 0 aliphatic heterocycles. The van der Waals surface area contributed by atoms with Crippen LogP contribution in [0.15, 0.2) is 47.5 Å². The van der Waals surface area contributed by atoms with Gasteiger partial charge in [0.1, 0.15) is 5.56 Å². The van der Waals surface area contributed by atoms with E-state index in [1.165, 1.54) is 12.1 Å². The number of nitrogens with one attached hydrogen (secondary N) is 2. The largest absolute Gasteiger partial charge is 0.477 e. The normalized spacial score (nSPS) is 14.1. The van der Waals surface area contributed by atoms with Crippen LogP contribution in [0.5, 0.6) is 5.88 Å². The van der Waals surface area contributed by atoms with Crippen molar-refractivity contribution in [3.8, 4) is 5.88 Å². The van der Waals surface area contributed by atoms with Crippen LogP contribution in [0.25, 0.3) is 0 Å². The van der Waals surface area contributed by atoms with Crippen LogP contribution in [-0.2, 0) is 10.0 Å². The number of amides is 1. The molecule has 0 unspecified atom stereocenters. The standard InChI is InChI=1S/C17H19N3O4S/c1-2-24-17-15(4-3-11-18-17)16(21)19-12-7-9-14(10-8-12)25(22,23)20-13-5-6-13/h3-4,7-11,13,20H,2,5-6H2,1H3,(H,19,21). The summed E-state index contributed by atoms with van der Waals surface area (Å²) in [6.07, 6.45) is 3.30. The zero-order valence-corrected chi connectivity index (χ0v) is 14.5. The van der Waals surface area contributed by atoms with E-state index in [0.29, 0.717) is 17.9 Å². The Kier molecular flexibility index (Phi) is 5.00. The summed E-state index contributed by atoms with van der Waals surface area (Å²) in [6.45, 7) is 2.21. The van der Waals surface area contributed by atoms with Crippen LogP contribution >= 0.6 is 0 Å². The van der Waals surface area contributed by atoms with Crippen molar-refractivity contribution in [2.75, 3.05) is 11.9 Å². The fraction of sp³-hybridized carbons (Fsp3) is 0.294. The highest BCUT2D eigenvalue weighted by Gasteiger charge is 2.27. The number of benzene rings is 1. The molecule has 0 atom stereocenters. The number of ether oxygens (including phenoxy) is 1. The molecule has 1 aromatic heterocycles. The molecule has 1 aliphatic carbocycles. The van der Waals surface area contributed by atoms with Crippen molar-refractivity contribution in [3.05, 3.63) is 48.2 Å². The maximum atomic E-state index is 12.4. The lowest BCUT2D eigenvalue weighted by molar-refractivity contribution is 0.102. The first kappa shape index (κ1) is 17.4. The van der Waals surface area contributed by atoms with Gasteiger partial charge in [-0.05, 0) is 56.2 Å². The molecule has 0 radical (unpaired) electrons. The third kappa shape index (κ3) is 4.34. The molecule has 0 spiro atoms. The minimum absolute atomic E-state index is 0.0481. The number of carbonyl (C=O) groups is 1. The summed E-state index contributed by atoms with van der Waals surface area (Å²) in [4.78, 5) is 16.6. The summed E-state index contributed by atoms with van der Waals surface area (Å²) in [5.41, 5.74) is 0.804. The molecule has 1 aliphatic rings. The number of nitrogens with zero attached hydrogens (tertiary/aromatic N) is 1. The van der Waals surface area contributed by atoms with Gasteiger partial charge in [-0.2, -0.15) is 0 Å². The van der Waals surface area contributed by atoms with Crippen molar-refractivity contribution in [2.24, 2.45) is 0 Å². The lowest BCUT2D eigenvalue weighted by Gasteiger charge is -2.10. The van der Waals surface area contributed by atoms with E-state index in [4.69, 9.17) is 4.74 Å². The van der Waals surface area contributed by atoms with Crippen LogP contribution in [0.3, 0.4) is 0 Å². The third-order valence-corrected chi connectivity index (χ3v) is 5.15. The van der Waals surface area contributed by atoms with Crippen LogP contribution in [0.4, 0.5) is 5.69 Å². The van der Waals surface area contributed by atoms with E-state index in [-0.39, 0.29) is 22.7 Å². The Balaban J connectivity index is 1.72. The van der Waals surface area contributed by atoms with Gasteiger partial charge in [0.25, 0.3) is 5.91 Å². The van der Waals surface area contributed by atoms with Crippen molar-refractivity contribution in [1.29, 1.82) is 0 Å². The maximum Gasteiger partial charge on any atom is 0.261 e. The Morgan fingerprint density at radius 1 is 1.24 bits per heavy atom. The van der Waals surface area contributed by atoms with E-state index in [1.54, 1.807) is 30.5 Å². The second-order valence-corrected chi connectivity index (χ2v) is 7.38. The molecule has 1 fully saturated rings. The van der Waals surface area contributed by atoms with Crippen LogP contribution in [0, 0.1) is 0 Å². The van der Waals surface area contributed by atoms with E-state index in [0.717, 1.165) is 12.8 Å². The van der Waals surface area contributed by atoms with Crippen molar-refractivity contribution >= 4 is 21.6 Å². The summed E-state index contributed by atoms with van der Waals surface area (Å²) in [7, 11) is -3.50. The van der Waals surface area contributed by atoms with Crippen molar-refractivity contribution < 1.29 is 17.9 Å². The number of sulfonamides is 1. The van der Waals surface area contributed by atoms with Gasteiger partial charge in [0.05, 0.1) is 11.5 Å². The summed E-state index contributed by atoms with van der Waals surface area (Å²) in [5, 5.41) is 2.71. The summed E-state index contributed by atoms with van der Waals surface area (Å²) in [6, 6.07) is 9.35. The highest BCUT2D eigenvalue weighted by Crippen LogP contribution is 2.23. The first-order chi connectivity index (χ1) is 12.0. The molecule has 25 heavy (non-hydrogen) atoms. The van der Waals surface area contributed by atoms with Crippen LogP contribution in [0.2, 0.25) is 0 Å². The van der Waals surface area contributed by atoms with Gasteiger partial charge in [-0.15, -0.1) is 0 Å². The highest BCUT2D eigenvalue weighted by molar-refractivity contribution is 7.89. The molecule has 8 heteroatoms. The second kappa shape index (κ2) is 7.20. The highest BCUT2D eigenvalue weighted by atomic mass is 32.2. The van der Waals surface area contributed by atoms with E-state index in [2.05, 4.69) is 15.0 Å². The second-order valence-electron chi connectivity index (χ2n) is 5.66. The summed E-state index contributed by atoms with van der Waals surface area (Å²) in [5.74, 6) is -0.112. The number of aromatic nitrogens is 1. The molecule has 1 amide bonds. The first-order valence-electron chi connectivity index (χ1n) is 8.01. The van der Waals surface area contributed by atoms with Crippen LogP contribution < -0.4 is 14.8 Å². The predicted octanol–water partition coefficient (Wildman–Crippen LogP) is 2.17. The Bertz CT molecular complexity index is 862. The van der Waals surface area contributed by atoms with Gasteiger partial charge < -0.3 is 10.1 Å². The molecule has 0 saturated heterocycles. The minimum atomic E-state index is -3.50. The van der Waals surface area contributed by atoms with E-state index in [1.807, 2.05) is 6.92 Å².